The molecule has 0 aliphatic rings. The van der Waals surface area contributed by atoms with Crippen LogP contribution in [0.4, 0.5) is 19.0 Å². The van der Waals surface area contributed by atoms with E-state index < -0.39 is 12.1 Å². The molecule has 0 atom stereocenters. The van der Waals surface area contributed by atoms with E-state index in [1.807, 2.05) is 6.92 Å². The first-order chi connectivity index (χ1) is 11.2. The summed E-state index contributed by atoms with van der Waals surface area (Å²) in [5.74, 6) is -1.07. The molecule has 2 heterocycles. The van der Waals surface area contributed by atoms with Crippen molar-refractivity contribution in [3.8, 4) is 17.1 Å². The number of anilines is 1. The van der Waals surface area contributed by atoms with Crippen LogP contribution in [0, 0.1) is 0 Å². The minimum absolute atomic E-state index is 0.456. The van der Waals surface area contributed by atoms with Crippen LogP contribution in [0.25, 0.3) is 11.4 Å². The minimum atomic E-state index is -5.08. The molecule has 2 aromatic heterocycles. The molecule has 2 aromatic rings. The number of methoxy groups -OCH3 is 1. The first-order valence-electron chi connectivity index (χ1n) is 6.61. The molecule has 2 rings (SSSR count). The first kappa shape index (κ1) is 19.1. The van der Waals surface area contributed by atoms with E-state index in [0.29, 0.717) is 17.4 Å². The second-order valence-corrected chi connectivity index (χ2v) is 4.34. The summed E-state index contributed by atoms with van der Waals surface area (Å²) in [4.78, 5) is 21.6. The highest BCUT2D eigenvalue weighted by Crippen LogP contribution is 2.26. The van der Waals surface area contributed by atoms with Crippen molar-refractivity contribution in [2.75, 3.05) is 12.8 Å². The summed E-state index contributed by atoms with van der Waals surface area (Å²) in [6, 6.07) is 3.54. The second kappa shape index (κ2) is 8.09. The van der Waals surface area contributed by atoms with Crippen LogP contribution in [0.1, 0.15) is 12.6 Å². The normalized spacial score (nSPS) is 10.5. The number of ether oxygens (including phenoxy) is 1. The Labute approximate surface area is 135 Å². The van der Waals surface area contributed by atoms with Gasteiger partial charge in [-0.1, -0.05) is 6.92 Å². The van der Waals surface area contributed by atoms with E-state index in [9.17, 15) is 13.2 Å². The number of aromatic nitrogens is 3. The molecule has 0 unspecified atom stereocenters. The number of nitrogens with two attached hydrogens (primary N) is 1. The second-order valence-electron chi connectivity index (χ2n) is 4.34. The maximum atomic E-state index is 10.6. The van der Waals surface area contributed by atoms with E-state index in [1.54, 1.807) is 31.6 Å². The van der Waals surface area contributed by atoms with E-state index in [1.165, 1.54) is 0 Å². The topological polar surface area (TPSA) is 111 Å². The van der Waals surface area contributed by atoms with Gasteiger partial charge in [0.2, 0.25) is 0 Å². The summed E-state index contributed by atoms with van der Waals surface area (Å²) >= 11 is 0. The monoisotopic (exact) mass is 344 g/mol. The maximum Gasteiger partial charge on any atom is 0.490 e. The molecule has 0 saturated carbocycles. The third kappa shape index (κ3) is 5.38. The van der Waals surface area contributed by atoms with E-state index in [4.69, 9.17) is 20.4 Å². The molecule has 0 radical (unpaired) electrons. The van der Waals surface area contributed by atoms with Gasteiger partial charge >= 0.3 is 12.1 Å². The van der Waals surface area contributed by atoms with Gasteiger partial charge in [-0.25, -0.2) is 14.8 Å². The maximum absolute atomic E-state index is 10.6. The number of nitrogen functional groups attached to an aromatic ring is 1. The van der Waals surface area contributed by atoms with Gasteiger partial charge in [0.05, 0.1) is 12.7 Å². The number of carbonyl (C=O) groups is 1. The highest BCUT2D eigenvalue weighted by atomic mass is 19.4. The van der Waals surface area contributed by atoms with Crippen LogP contribution >= 0.6 is 0 Å². The number of aryl methyl sites for hydroxylation is 1. The van der Waals surface area contributed by atoms with Crippen molar-refractivity contribution in [3.63, 3.8) is 0 Å². The Kier molecular flexibility index (Phi) is 6.45. The number of rotatable bonds is 3. The third-order valence-electron chi connectivity index (χ3n) is 2.65. The summed E-state index contributed by atoms with van der Waals surface area (Å²) in [6.45, 7) is 2.02. The third-order valence-corrected chi connectivity index (χ3v) is 2.65. The van der Waals surface area contributed by atoms with Crippen molar-refractivity contribution in [2.45, 2.75) is 19.5 Å². The zero-order valence-electron chi connectivity index (χ0n) is 12.8. The Hall–Kier alpha value is -2.91. The van der Waals surface area contributed by atoms with E-state index in [0.717, 1.165) is 17.7 Å². The number of alkyl halides is 3. The minimum Gasteiger partial charge on any atom is -0.496 e. The molecule has 0 aliphatic carbocycles. The van der Waals surface area contributed by atoms with Gasteiger partial charge in [-0.05, 0) is 12.5 Å². The molecule has 10 heteroatoms. The lowest BCUT2D eigenvalue weighted by Gasteiger charge is -2.08. The van der Waals surface area contributed by atoms with Gasteiger partial charge in [-0.3, -0.25) is 4.98 Å². The van der Waals surface area contributed by atoms with E-state index >= 15 is 0 Å². The van der Waals surface area contributed by atoms with Crippen LogP contribution in [0.3, 0.4) is 0 Å². The molecule has 0 spiro atoms. The van der Waals surface area contributed by atoms with Crippen LogP contribution in [0.2, 0.25) is 0 Å². The van der Waals surface area contributed by atoms with Gasteiger partial charge in [0.1, 0.15) is 11.6 Å². The molecule has 0 saturated heterocycles. The van der Waals surface area contributed by atoms with E-state index in [2.05, 4.69) is 15.0 Å². The van der Waals surface area contributed by atoms with Crippen molar-refractivity contribution in [1.29, 1.82) is 0 Å². The largest absolute Gasteiger partial charge is 0.496 e. The number of nitrogens with zero attached hydrogens (tertiary/aromatic N) is 3. The molecule has 0 amide bonds. The molecule has 0 bridgehead atoms. The molecule has 0 aromatic carbocycles. The molecule has 0 aliphatic heterocycles. The van der Waals surface area contributed by atoms with Crippen molar-refractivity contribution in [1.82, 2.24) is 15.0 Å². The van der Waals surface area contributed by atoms with Gasteiger partial charge < -0.3 is 15.6 Å². The number of hydrogen-bond donors (Lipinski definition) is 2. The molecule has 24 heavy (non-hydrogen) atoms. The Morgan fingerprint density at radius 3 is 2.50 bits per heavy atom. The summed E-state index contributed by atoms with van der Waals surface area (Å²) in [5.41, 5.74) is 7.40. The van der Waals surface area contributed by atoms with Gasteiger partial charge in [-0.2, -0.15) is 13.2 Å². The van der Waals surface area contributed by atoms with Crippen molar-refractivity contribution < 1.29 is 27.8 Å². The van der Waals surface area contributed by atoms with Gasteiger partial charge in [0, 0.05) is 24.2 Å². The molecular formula is C14H15F3N4O3. The van der Waals surface area contributed by atoms with Crippen molar-refractivity contribution >= 4 is 11.8 Å². The fraction of sp³-hybridized carbons (Fsp3) is 0.286. The summed E-state index contributed by atoms with van der Waals surface area (Å²) < 4.78 is 37.0. The fourth-order valence-corrected chi connectivity index (χ4v) is 1.55. The molecule has 3 N–H and O–H groups in total. The highest BCUT2D eigenvalue weighted by molar-refractivity contribution is 5.73. The Bertz CT molecular complexity index is 708. The zero-order valence-corrected chi connectivity index (χ0v) is 12.8. The van der Waals surface area contributed by atoms with Crippen LogP contribution in [0.5, 0.6) is 5.75 Å². The average molecular weight is 344 g/mol. The average Bonchev–Trinajstić information content (AvgIpc) is 2.53. The van der Waals surface area contributed by atoms with Crippen LogP contribution < -0.4 is 10.5 Å². The molecule has 0 fully saturated rings. The summed E-state index contributed by atoms with van der Waals surface area (Å²) in [5, 5.41) is 7.12. The Morgan fingerprint density at radius 1 is 1.38 bits per heavy atom. The van der Waals surface area contributed by atoms with Crippen molar-refractivity contribution in [2.24, 2.45) is 0 Å². The van der Waals surface area contributed by atoms with Gasteiger partial charge in [-0.15, -0.1) is 0 Å². The number of hydrogen-bond acceptors (Lipinski definition) is 6. The molecule has 7 nitrogen and oxygen atoms in total. The van der Waals surface area contributed by atoms with Crippen LogP contribution in [-0.4, -0.2) is 39.3 Å². The van der Waals surface area contributed by atoms with E-state index in [-0.39, 0.29) is 0 Å². The molecular weight excluding hydrogens is 329 g/mol. The Balaban J connectivity index is 0.000000351. The highest BCUT2D eigenvalue weighted by Gasteiger charge is 2.38. The first-order valence-corrected chi connectivity index (χ1v) is 6.61. The number of carboxylic acid groups (broad SMARTS) is 1. The predicted molar refractivity (Wildman–Crippen MR) is 79.3 cm³/mol. The zero-order chi connectivity index (χ0) is 18.3. The number of aliphatic carboxylic acids is 1. The standard InChI is InChI=1S/C12H14N4O.C2HF3O2/c1-3-8-6-11(13)16-12(15-8)9-7-14-5-4-10(9)17-2;3-2(4,5)1(6)7/h4-7H,3H2,1-2H3,(H2,13,15,16);(H,6,7). The van der Waals surface area contributed by atoms with Crippen LogP contribution in [0.15, 0.2) is 24.5 Å². The lowest BCUT2D eigenvalue weighted by molar-refractivity contribution is -0.192. The molecule has 130 valence electrons. The van der Waals surface area contributed by atoms with Gasteiger partial charge in [0.15, 0.2) is 5.82 Å². The quantitative estimate of drug-likeness (QED) is 0.879. The summed E-state index contributed by atoms with van der Waals surface area (Å²) in [7, 11) is 1.60. The van der Waals surface area contributed by atoms with Gasteiger partial charge in [0.25, 0.3) is 0 Å². The lowest BCUT2D eigenvalue weighted by Crippen LogP contribution is -2.21. The predicted octanol–water partition coefficient (Wildman–Crippen LogP) is 2.33. The van der Waals surface area contributed by atoms with Crippen molar-refractivity contribution in [3.05, 3.63) is 30.2 Å². The SMILES string of the molecule is CCc1cc(N)nc(-c2cnccc2OC)n1.O=C(O)C(F)(F)F. The fourth-order valence-electron chi connectivity index (χ4n) is 1.55. The smallest absolute Gasteiger partial charge is 0.490 e. The summed E-state index contributed by atoms with van der Waals surface area (Å²) in [6.07, 6.45) is -0.940. The number of halogens is 3. The van der Waals surface area contributed by atoms with Crippen LogP contribution in [-0.2, 0) is 11.2 Å². The Morgan fingerprint density at radius 2 is 2.00 bits per heavy atom. The number of pyridine rings is 1. The lowest BCUT2D eigenvalue weighted by atomic mass is 10.2. The number of carboxylic acids is 1.